The van der Waals surface area contributed by atoms with E-state index >= 15 is 0 Å². The number of rotatable bonds is 9. The Morgan fingerprint density at radius 2 is 0.596 bits per heavy atom. The van der Waals surface area contributed by atoms with Crippen LogP contribution in [-0.2, 0) is 0 Å². The summed E-state index contributed by atoms with van der Waals surface area (Å²) in [4.78, 5) is 32.8. The topological polar surface area (TPSA) is 209 Å². The number of ether oxygens (including phenoxy) is 3. The number of carboxylic acids is 3. The summed E-state index contributed by atoms with van der Waals surface area (Å²) in [5.41, 5.74) is -0.413. The molecule has 0 aliphatic carbocycles. The average molecular weight is 715 g/mol. The van der Waals surface area contributed by atoms with Gasteiger partial charge in [0.05, 0.1) is 0 Å². The average Bonchev–Trinajstić information content (AvgIpc) is 3.12. The summed E-state index contributed by atoms with van der Waals surface area (Å²) in [6.45, 7) is 0. The van der Waals surface area contributed by atoms with Gasteiger partial charge in [-0.15, -0.1) is 0 Å². The van der Waals surface area contributed by atoms with E-state index in [4.69, 9.17) is 29.5 Å². The first kappa shape index (κ1) is 39.5. The Bertz CT molecular complexity index is 1850. The second-order valence-electron chi connectivity index (χ2n) is 10.1. The number of aromatic carboxylic acids is 3. The van der Waals surface area contributed by atoms with Crippen LogP contribution < -0.4 is 29.5 Å². The standard InChI is InChI=1S/3C13H10O4.Al/c3*14-11-8-4-7-10(13(15)16)12(11)17-9-5-2-1-3-6-9;/h3*1-8,14H,(H,15,16);/q;;;+3/p-3. The monoisotopic (exact) mass is 714 g/mol. The Morgan fingerprint density at radius 1 is 0.365 bits per heavy atom. The molecule has 52 heavy (non-hydrogen) atoms. The van der Waals surface area contributed by atoms with Crippen molar-refractivity contribution in [2.24, 2.45) is 0 Å². The first-order chi connectivity index (χ1) is 24.5. The van der Waals surface area contributed by atoms with E-state index < -0.39 is 35.2 Å². The van der Waals surface area contributed by atoms with Gasteiger partial charge in [0.1, 0.15) is 51.2 Å². The molecule has 0 atom stereocenters. The smallest absolute Gasteiger partial charge is 0.870 e. The molecule has 0 aromatic heterocycles. The second kappa shape index (κ2) is 19.3. The number of carbonyl (C=O) groups is 3. The largest absolute Gasteiger partial charge is 3.00 e. The summed E-state index contributed by atoms with van der Waals surface area (Å²) in [7, 11) is 0. The van der Waals surface area contributed by atoms with Crippen LogP contribution in [0.15, 0.2) is 146 Å². The van der Waals surface area contributed by atoms with Crippen molar-refractivity contribution in [1.82, 2.24) is 0 Å². The van der Waals surface area contributed by atoms with E-state index in [0.717, 1.165) is 0 Å². The van der Waals surface area contributed by atoms with Gasteiger partial charge < -0.3 is 44.8 Å². The van der Waals surface area contributed by atoms with Crippen LogP contribution in [0.3, 0.4) is 0 Å². The number of benzene rings is 6. The van der Waals surface area contributed by atoms with Crippen LogP contribution in [0.5, 0.6) is 51.7 Å². The molecule has 12 nitrogen and oxygen atoms in total. The van der Waals surface area contributed by atoms with E-state index in [-0.39, 0.29) is 51.3 Å². The van der Waals surface area contributed by atoms with Gasteiger partial charge in [-0.3, -0.25) is 0 Å². The van der Waals surface area contributed by atoms with Crippen molar-refractivity contribution in [2.75, 3.05) is 0 Å². The van der Waals surface area contributed by atoms with Crippen LogP contribution in [0.2, 0.25) is 0 Å². The SMILES string of the molecule is O=C(O)c1cccc([O-])c1Oc1ccccc1.O=C(O)c1cccc([O-])c1Oc1ccccc1.O=C(O)c1cccc([O-])c1Oc1ccccc1.[Al+3]. The van der Waals surface area contributed by atoms with Crippen molar-refractivity contribution in [1.29, 1.82) is 0 Å². The fourth-order valence-corrected chi connectivity index (χ4v) is 4.19. The Hall–Kier alpha value is -6.94. The second-order valence-corrected chi connectivity index (χ2v) is 10.1. The first-order valence-electron chi connectivity index (χ1n) is 14.8. The van der Waals surface area contributed by atoms with Gasteiger partial charge in [-0.05, 0) is 54.6 Å². The molecule has 6 rings (SSSR count). The molecule has 0 heterocycles. The number of para-hydroxylation sites is 6. The van der Waals surface area contributed by atoms with Gasteiger partial charge in [0, 0.05) is 0 Å². The minimum absolute atomic E-state index is 0. The van der Waals surface area contributed by atoms with Crippen LogP contribution in [0.1, 0.15) is 31.1 Å². The molecule has 258 valence electrons. The molecule has 6 aromatic rings. The van der Waals surface area contributed by atoms with E-state index in [2.05, 4.69) is 0 Å². The first-order valence-corrected chi connectivity index (χ1v) is 14.8. The molecule has 0 radical (unpaired) electrons. The van der Waals surface area contributed by atoms with Crippen molar-refractivity contribution < 1.29 is 59.2 Å². The van der Waals surface area contributed by atoms with Crippen LogP contribution >= 0.6 is 0 Å². The number of hydrogen-bond acceptors (Lipinski definition) is 9. The van der Waals surface area contributed by atoms with Crippen molar-refractivity contribution in [2.45, 2.75) is 0 Å². The van der Waals surface area contributed by atoms with E-state index in [9.17, 15) is 29.7 Å². The van der Waals surface area contributed by atoms with E-state index in [1.807, 2.05) is 0 Å². The molecule has 6 aromatic carbocycles. The van der Waals surface area contributed by atoms with Crippen molar-refractivity contribution >= 4 is 35.3 Å². The maximum Gasteiger partial charge on any atom is 3.00 e. The van der Waals surface area contributed by atoms with E-state index in [1.54, 1.807) is 91.0 Å². The summed E-state index contributed by atoms with van der Waals surface area (Å²) < 4.78 is 15.9. The minimum atomic E-state index is -1.19. The Morgan fingerprint density at radius 3 is 0.808 bits per heavy atom. The maximum atomic E-state index is 11.6. The minimum Gasteiger partial charge on any atom is -0.870 e. The quantitative estimate of drug-likeness (QED) is 0.140. The van der Waals surface area contributed by atoms with Crippen LogP contribution in [0, 0.1) is 0 Å². The van der Waals surface area contributed by atoms with Crippen molar-refractivity contribution in [3.8, 4) is 51.7 Å². The van der Waals surface area contributed by atoms with Gasteiger partial charge in [0.2, 0.25) is 0 Å². The zero-order chi connectivity index (χ0) is 36.8. The van der Waals surface area contributed by atoms with Gasteiger partial charge in [0.25, 0.3) is 0 Å². The van der Waals surface area contributed by atoms with E-state index in [0.29, 0.717) is 17.2 Å². The fourth-order valence-electron chi connectivity index (χ4n) is 4.19. The van der Waals surface area contributed by atoms with Gasteiger partial charge in [-0.25, -0.2) is 14.4 Å². The van der Waals surface area contributed by atoms with Crippen LogP contribution in [0.4, 0.5) is 0 Å². The van der Waals surface area contributed by atoms with Crippen LogP contribution in [0.25, 0.3) is 0 Å². The maximum absolute atomic E-state index is 11.6. The molecule has 0 bridgehead atoms. The Kier molecular flexibility index (Phi) is 14.7. The van der Waals surface area contributed by atoms with Crippen molar-refractivity contribution in [3.63, 3.8) is 0 Å². The third kappa shape index (κ3) is 11.0. The molecule has 0 aliphatic heterocycles. The van der Waals surface area contributed by atoms with E-state index in [1.165, 1.54) is 54.6 Å². The van der Waals surface area contributed by atoms with Gasteiger partial charge in [-0.2, -0.15) is 0 Å². The molecule has 0 saturated carbocycles. The molecule has 3 N–H and O–H groups in total. The van der Waals surface area contributed by atoms with Gasteiger partial charge in [-0.1, -0.05) is 108 Å². The third-order valence-corrected chi connectivity index (χ3v) is 6.52. The van der Waals surface area contributed by atoms with Gasteiger partial charge in [0.15, 0.2) is 0 Å². The summed E-state index contributed by atoms with van der Waals surface area (Å²) in [6.07, 6.45) is 0. The molecular formula is C39H27AlO12. The molecule has 0 saturated heterocycles. The summed E-state index contributed by atoms with van der Waals surface area (Å²) in [5.74, 6) is -4.11. The Balaban J connectivity index is 0.000000208. The zero-order valence-electron chi connectivity index (χ0n) is 26.9. The molecule has 0 fully saturated rings. The van der Waals surface area contributed by atoms with Crippen LogP contribution in [-0.4, -0.2) is 50.6 Å². The fraction of sp³-hybridized carbons (Fsp3) is 0. The zero-order valence-corrected chi connectivity index (χ0v) is 28.1. The number of carboxylic acid groups (broad SMARTS) is 3. The Labute approximate surface area is 307 Å². The molecule has 0 unspecified atom stereocenters. The molecular weight excluding hydrogens is 687 g/mol. The molecule has 13 heteroatoms. The predicted octanol–water partition coefficient (Wildman–Crippen LogP) is 6.37. The predicted molar refractivity (Wildman–Crippen MR) is 184 cm³/mol. The normalized spacial score (nSPS) is 9.69. The molecule has 0 amide bonds. The third-order valence-electron chi connectivity index (χ3n) is 6.52. The number of hydrogen-bond donors (Lipinski definition) is 3. The molecule has 0 aliphatic rings. The summed E-state index contributed by atoms with van der Waals surface area (Å²) in [6, 6.07) is 37.7. The van der Waals surface area contributed by atoms with Crippen molar-refractivity contribution in [3.05, 3.63) is 162 Å². The molecule has 0 spiro atoms. The summed E-state index contributed by atoms with van der Waals surface area (Å²) in [5, 5.41) is 61.5. The van der Waals surface area contributed by atoms with Gasteiger partial charge >= 0.3 is 35.3 Å². The summed E-state index contributed by atoms with van der Waals surface area (Å²) >= 11 is 0.